The molecule has 0 saturated carbocycles. The number of rotatable bonds is 12. The van der Waals surface area contributed by atoms with Crippen LogP contribution in [0.1, 0.15) is 81.1 Å². The standard InChI is InChI=1S/C18H28N2O2S.C17H26N2O2S.ClH/c1-5-15(7-6-8-20-11-9-19(3)10-12-20)17-14(2)16(13-23-17)18(21)22-4;1-4-14(16-13(2)15(12-22-16)17(20)21)6-5-7-19-10-8-18(3)9-11-19;/h5,13H,6-12H2,1-4H3;4,12H,5-11H2,1-3H3,(H,20,21);1H/b15-5-;14-4-;. The van der Waals surface area contributed by atoms with Crippen LogP contribution in [0.4, 0.5) is 0 Å². The van der Waals surface area contributed by atoms with Crippen molar-refractivity contribution in [1.29, 1.82) is 0 Å². The van der Waals surface area contributed by atoms with Gasteiger partial charge in [-0.3, -0.25) is 0 Å². The van der Waals surface area contributed by atoms with Crippen molar-refractivity contribution in [3.05, 3.63) is 54.9 Å². The van der Waals surface area contributed by atoms with Crippen LogP contribution in [0.25, 0.3) is 11.1 Å². The van der Waals surface area contributed by atoms with Crippen LogP contribution >= 0.6 is 35.1 Å². The quantitative estimate of drug-likeness (QED) is 0.241. The summed E-state index contributed by atoms with van der Waals surface area (Å²) in [5.41, 5.74) is 5.73. The number of nitrogens with zero attached hydrogens (tertiary/aromatic N) is 4. The monoisotopic (exact) mass is 694 g/mol. The van der Waals surface area contributed by atoms with Crippen molar-refractivity contribution in [2.75, 3.05) is 86.7 Å². The fraction of sp³-hybridized carbons (Fsp3) is 0.600. The molecule has 0 unspecified atom stereocenters. The van der Waals surface area contributed by atoms with Gasteiger partial charge < -0.3 is 29.4 Å². The van der Waals surface area contributed by atoms with Gasteiger partial charge in [0, 0.05) is 72.9 Å². The third-order valence-electron chi connectivity index (χ3n) is 9.03. The fourth-order valence-corrected chi connectivity index (χ4v) is 8.23. The number of halogens is 1. The molecule has 8 nitrogen and oxygen atoms in total. The van der Waals surface area contributed by atoms with E-state index in [9.17, 15) is 14.7 Å². The molecule has 2 aromatic rings. The third-order valence-corrected chi connectivity index (χ3v) is 11.3. The molecule has 2 fully saturated rings. The van der Waals surface area contributed by atoms with Crippen LogP contribution in [0.5, 0.6) is 0 Å². The maximum Gasteiger partial charge on any atom is 0.338 e. The number of methoxy groups -OCH3 is 1. The van der Waals surface area contributed by atoms with E-state index in [2.05, 4.69) is 52.8 Å². The molecule has 0 atom stereocenters. The van der Waals surface area contributed by atoms with Crippen molar-refractivity contribution in [3.63, 3.8) is 0 Å². The van der Waals surface area contributed by atoms with Crippen molar-refractivity contribution in [2.24, 2.45) is 0 Å². The molecule has 2 saturated heterocycles. The summed E-state index contributed by atoms with van der Waals surface area (Å²) in [4.78, 5) is 35.1. The number of hydrogen-bond donors (Lipinski definition) is 1. The molecule has 4 heterocycles. The summed E-state index contributed by atoms with van der Waals surface area (Å²) in [6.07, 6.45) is 8.68. The van der Waals surface area contributed by atoms with Crippen molar-refractivity contribution in [3.8, 4) is 0 Å². The van der Waals surface area contributed by atoms with Crippen LogP contribution in [0.3, 0.4) is 0 Å². The summed E-state index contributed by atoms with van der Waals surface area (Å²) in [6, 6.07) is 0. The highest BCUT2D eigenvalue weighted by atomic mass is 35.5. The first-order valence-corrected chi connectivity index (χ1v) is 18.0. The smallest absolute Gasteiger partial charge is 0.338 e. The number of carbonyl (C=O) groups excluding carboxylic acids is 1. The second kappa shape index (κ2) is 20.3. The van der Waals surface area contributed by atoms with E-state index in [0.717, 1.165) is 81.0 Å². The number of carbonyl (C=O) groups is 2. The summed E-state index contributed by atoms with van der Waals surface area (Å²) >= 11 is 3.20. The zero-order chi connectivity index (χ0) is 32.9. The molecule has 11 heteroatoms. The average molecular weight is 695 g/mol. The normalized spacial score (nSPS) is 17.3. The van der Waals surface area contributed by atoms with Crippen LogP contribution < -0.4 is 0 Å². The minimum atomic E-state index is -0.826. The number of carboxylic acid groups (broad SMARTS) is 1. The Balaban J connectivity index is 0.000000314. The van der Waals surface area contributed by atoms with Crippen molar-refractivity contribution in [2.45, 2.75) is 53.4 Å². The Morgan fingerprint density at radius 3 is 1.50 bits per heavy atom. The number of allylic oxidation sites excluding steroid dienone is 4. The lowest BCUT2D eigenvalue weighted by Crippen LogP contribution is -2.44. The highest BCUT2D eigenvalue weighted by Gasteiger charge is 2.19. The average Bonchev–Trinajstić information content (AvgIpc) is 3.61. The van der Waals surface area contributed by atoms with Crippen molar-refractivity contribution >= 4 is 58.2 Å². The van der Waals surface area contributed by atoms with E-state index >= 15 is 0 Å². The molecule has 0 spiro atoms. The molecule has 0 aromatic carbocycles. The lowest BCUT2D eigenvalue weighted by molar-refractivity contribution is 0.0599. The Kier molecular flexibility index (Phi) is 17.7. The number of thiophene rings is 2. The molecule has 4 rings (SSSR count). The summed E-state index contributed by atoms with van der Waals surface area (Å²) in [7, 11) is 5.80. The number of aromatic carboxylic acids is 1. The minimum absolute atomic E-state index is 0. The van der Waals surface area contributed by atoms with Gasteiger partial charge in [0.2, 0.25) is 0 Å². The Morgan fingerprint density at radius 2 is 1.15 bits per heavy atom. The van der Waals surface area contributed by atoms with Gasteiger partial charge >= 0.3 is 11.9 Å². The number of ether oxygens (including phenoxy) is 1. The van der Waals surface area contributed by atoms with E-state index < -0.39 is 5.97 Å². The number of esters is 1. The van der Waals surface area contributed by atoms with E-state index in [4.69, 9.17) is 4.74 Å². The second-order valence-corrected chi connectivity index (χ2v) is 13.9. The van der Waals surface area contributed by atoms with Gasteiger partial charge in [0.25, 0.3) is 0 Å². The summed E-state index contributed by atoms with van der Waals surface area (Å²) in [5.74, 6) is -1.06. The van der Waals surface area contributed by atoms with Gasteiger partial charge in [-0.25, -0.2) is 9.59 Å². The Morgan fingerprint density at radius 1 is 0.761 bits per heavy atom. The van der Waals surface area contributed by atoms with Gasteiger partial charge in [-0.15, -0.1) is 35.1 Å². The first-order chi connectivity index (χ1) is 21.6. The largest absolute Gasteiger partial charge is 0.478 e. The molecule has 2 aliphatic heterocycles. The van der Waals surface area contributed by atoms with Gasteiger partial charge in [0.05, 0.1) is 18.2 Å². The third kappa shape index (κ3) is 11.6. The fourth-order valence-electron chi connectivity index (χ4n) is 5.90. The number of hydrogen-bond acceptors (Lipinski definition) is 9. The van der Waals surface area contributed by atoms with E-state index in [1.807, 2.05) is 26.2 Å². The van der Waals surface area contributed by atoms with Gasteiger partial charge in [-0.05, 0) is 103 Å². The minimum Gasteiger partial charge on any atom is -0.478 e. The first kappa shape index (κ1) is 40.1. The van der Waals surface area contributed by atoms with Crippen LogP contribution in [0.2, 0.25) is 0 Å². The van der Waals surface area contributed by atoms with Crippen molar-refractivity contribution < 1.29 is 19.4 Å². The Hall–Kier alpha value is -2.05. The first-order valence-electron chi connectivity index (χ1n) is 16.2. The van der Waals surface area contributed by atoms with Gasteiger partial charge in [-0.1, -0.05) is 12.2 Å². The maximum absolute atomic E-state index is 11.8. The predicted octanol–water partition coefficient (Wildman–Crippen LogP) is 6.88. The predicted molar refractivity (Wildman–Crippen MR) is 197 cm³/mol. The highest BCUT2D eigenvalue weighted by molar-refractivity contribution is 7.12. The summed E-state index contributed by atoms with van der Waals surface area (Å²) < 4.78 is 4.85. The zero-order valence-corrected chi connectivity index (χ0v) is 31.3. The Labute approximate surface area is 291 Å². The lowest BCUT2D eigenvalue weighted by atomic mass is 10.0. The summed E-state index contributed by atoms with van der Waals surface area (Å²) in [6.45, 7) is 19.6. The molecule has 0 bridgehead atoms. The lowest BCUT2D eigenvalue weighted by Gasteiger charge is -2.32. The van der Waals surface area contributed by atoms with Crippen LogP contribution in [-0.2, 0) is 4.74 Å². The second-order valence-electron chi connectivity index (χ2n) is 12.1. The van der Waals surface area contributed by atoms with Gasteiger partial charge in [-0.2, -0.15) is 0 Å². The molecule has 0 amide bonds. The molecular formula is C35H55ClN4O4S2. The molecule has 1 N–H and O–H groups in total. The van der Waals surface area contributed by atoms with Gasteiger partial charge in [0.1, 0.15) is 0 Å². The molecule has 0 aliphatic carbocycles. The van der Waals surface area contributed by atoms with Crippen LogP contribution in [-0.4, -0.2) is 123 Å². The van der Waals surface area contributed by atoms with Crippen molar-refractivity contribution in [1.82, 2.24) is 19.6 Å². The molecule has 0 radical (unpaired) electrons. The SMILES string of the molecule is C/C=C(/CCCN1CCN(C)CC1)c1scc(C(=O)O)c1C.C/C=C(/CCCN1CCN(C)CC1)c1scc(C(=O)OC)c1C.Cl. The van der Waals surface area contributed by atoms with Gasteiger partial charge in [0.15, 0.2) is 0 Å². The van der Waals surface area contributed by atoms with E-state index in [0.29, 0.717) is 11.1 Å². The molecule has 2 aromatic heterocycles. The molecule has 46 heavy (non-hydrogen) atoms. The number of piperazine rings is 2. The number of carboxylic acids is 1. The highest BCUT2D eigenvalue weighted by Crippen LogP contribution is 2.33. The maximum atomic E-state index is 11.8. The Bertz CT molecular complexity index is 1310. The molecule has 2 aliphatic rings. The topological polar surface area (TPSA) is 76.6 Å². The van der Waals surface area contributed by atoms with E-state index in [-0.39, 0.29) is 18.4 Å². The summed E-state index contributed by atoms with van der Waals surface area (Å²) in [5, 5.41) is 12.9. The number of likely N-dealkylation sites (N-methyl/N-ethyl adjacent to an activating group) is 2. The van der Waals surface area contributed by atoms with E-state index in [1.165, 1.54) is 49.3 Å². The van der Waals surface area contributed by atoms with E-state index in [1.54, 1.807) is 28.1 Å². The molecular weight excluding hydrogens is 640 g/mol. The zero-order valence-electron chi connectivity index (χ0n) is 28.9. The van der Waals surface area contributed by atoms with Crippen LogP contribution in [0.15, 0.2) is 22.9 Å². The molecule has 258 valence electrons. The van der Waals surface area contributed by atoms with Crippen LogP contribution in [0, 0.1) is 13.8 Å².